The van der Waals surface area contributed by atoms with Crippen LogP contribution in [0.1, 0.15) is 49.2 Å². The molecule has 0 amide bonds. The van der Waals surface area contributed by atoms with Gasteiger partial charge in [0.15, 0.2) is 5.65 Å². The van der Waals surface area contributed by atoms with Gasteiger partial charge in [0.25, 0.3) is 5.69 Å². The molecule has 3 heterocycles. The number of nitrogens with one attached hydrogen (secondary N) is 1. The molecule has 0 aromatic carbocycles. The minimum absolute atomic E-state index is 0.213. The molecule has 1 aliphatic carbocycles. The molecular weight excluding hydrogens is 380 g/mol. The van der Waals surface area contributed by atoms with Crippen LogP contribution in [0.25, 0.3) is 10.5 Å². The van der Waals surface area contributed by atoms with E-state index in [1.807, 2.05) is 23.9 Å². The van der Waals surface area contributed by atoms with Crippen molar-refractivity contribution in [1.29, 1.82) is 0 Å². The summed E-state index contributed by atoms with van der Waals surface area (Å²) in [5, 5.41) is 21.8. The van der Waals surface area contributed by atoms with Crippen LogP contribution < -0.4 is 11.1 Å². The molecule has 4 rings (SSSR count). The Kier molecular flexibility index (Phi) is 5.59. The maximum Gasteiger partial charge on any atom is 0.268 e. The summed E-state index contributed by atoms with van der Waals surface area (Å²) in [5.41, 5.74) is 10.2. The first-order valence-electron chi connectivity index (χ1n) is 10.5. The number of nitrogens with zero attached hydrogens (tertiary/aromatic N) is 6. The van der Waals surface area contributed by atoms with Gasteiger partial charge >= 0.3 is 0 Å². The lowest BCUT2D eigenvalue weighted by atomic mass is 9.80. The van der Waals surface area contributed by atoms with Crippen molar-refractivity contribution in [1.82, 2.24) is 24.4 Å². The van der Waals surface area contributed by atoms with Gasteiger partial charge < -0.3 is 16.2 Å². The number of anilines is 2. The summed E-state index contributed by atoms with van der Waals surface area (Å²) in [4.78, 5) is 8.29. The molecule has 3 aromatic rings. The number of nitrogen functional groups attached to an aromatic ring is 1. The van der Waals surface area contributed by atoms with Gasteiger partial charge in [-0.3, -0.25) is 4.68 Å². The zero-order valence-electron chi connectivity index (χ0n) is 17.5. The topological polar surface area (TPSA) is 111 Å². The number of aryl methyl sites for hydroxylation is 2. The van der Waals surface area contributed by atoms with Crippen LogP contribution in [0, 0.1) is 19.4 Å². The van der Waals surface area contributed by atoms with Crippen LogP contribution in [0.3, 0.4) is 0 Å². The molecule has 1 aliphatic rings. The number of aromatic nitrogens is 5. The van der Waals surface area contributed by atoms with Crippen molar-refractivity contribution in [3.05, 3.63) is 40.6 Å². The predicted octanol–water partition coefficient (Wildman–Crippen LogP) is 2.92. The van der Waals surface area contributed by atoms with Crippen LogP contribution in [0.4, 0.5) is 17.3 Å². The van der Waals surface area contributed by atoms with Crippen LogP contribution in [0.15, 0.2) is 12.3 Å². The van der Waals surface area contributed by atoms with Gasteiger partial charge in [-0.15, -0.1) is 0 Å². The van der Waals surface area contributed by atoms with Gasteiger partial charge in [0, 0.05) is 37.3 Å². The maximum absolute atomic E-state index is 9.40. The third kappa shape index (κ3) is 3.48. The Morgan fingerprint density at radius 2 is 2.17 bits per heavy atom. The number of hydrogen-bond acceptors (Lipinski definition) is 6. The number of aliphatic hydroxyl groups excluding tert-OH is 1. The number of rotatable bonds is 8. The second-order valence-corrected chi connectivity index (χ2v) is 7.91. The summed E-state index contributed by atoms with van der Waals surface area (Å²) in [7, 11) is 0. The SMILES string of the molecule is [C-]#[N+]c1c(NCCc2ccn(C3CCC3CO)n2)nc2c(CCC)c(C)nn2c1N. The van der Waals surface area contributed by atoms with Crippen molar-refractivity contribution >= 4 is 23.0 Å². The van der Waals surface area contributed by atoms with Gasteiger partial charge in [-0.25, -0.2) is 14.3 Å². The molecule has 9 heteroatoms. The molecule has 0 aliphatic heterocycles. The quantitative estimate of drug-likeness (QED) is 0.494. The van der Waals surface area contributed by atoms with Crippen molar-refractivity contribution in [3.8, 4) is 0 Å². The molecule has 1 saturated carbocycles. The lowest BCUT2D eigenvalue weighted by molar-refractivity contribution is 0.0892. The standard InChI is InChI=1S/C21H28N8O/c1-4-5-16-13(2)26-29-19(22)18(23-3)20(25-21(16)29)24-10-8-15-9-11-28(27-15)17-7-6-14(17)12-30/h9,11,14,17,30H,4-8,10,12,22H2,1-2H3,(H,24,25). The zero-order valence-corrected chi connectivity index (χ0v) is 17.5. The van der Waals surface area contributed by atoms with E-state index in [1.54, 1.807) is 4.52 Å². The van der Waals surface area contributed by atoms with E-state index in [2.05, 4.69) is 27.3 Å². The van der Waals surface area contributed by atoms with Crippen LogP contribution >= 0.6 is 0 Å². The summed E-state index contributed by atoms with van der Waals surface area (Å²) in [6.45, 7) is 12.4. The van der Waals surface area contributed by atoms with E-state index in [0.29, 0.717) is 47.9 Å². The first-order valence-corrected chi connectivity index (χ1v) is 10.5. The molecule has 0 radical (unpaired) electrons. The van der Waals surface area contributed by atoms with Crippen molar-refractivity contribution in [3.63, 3.8) is 0 Å². The van der Waals surface area contributed by atoms with E-state index in [4.69, 9.17) is 17.3 Å². The first-order chi connectivity index (χ1) is 14.6. The molecule has 0 spiro atoms. The highest BCUT2D eigenvalue weighted by atomic mass is 16.3. The molecule has 0 bridgehead atoms. The second kappa shape index (κ2) is 8.32. The van der Waals surface area contributed by atoms with E-state index in [0.717, 1.165) is 42.6 Å². The van der Waals surface area contributed by atoms with Gasteiger partial charge in [-0.2, -0.15) is 10.2 Å². The lowest BCUT2D eigenvalue weighted by Gasteiger charge is -2.35. The Morgan fingerprint density at radius 3 is 2.83 bits per heavy atom. The highest BCUT2D eigenvalue weighted by molar-refractivity contribution is 5.80. The van der Waals surface area contributed by atoms with Gasteiger partial charge in [0.1, 0.15) is 11.6 Å². The minimum Gasteiger partial charge on any atom is -0.396 e. The van der Waals surface area contributed by atoms with Gasteiger partial charge in [-0.1, -0.05) is 13.3 Å². The Hall–Kier alpha value is -3.12. The minimum atomic E-state index is 0.213. The van der Waals surface area contributed by atoms with Crippen molar-refractivity contribution in [2.75, 3.05) is 24.2 Å². The Labute approximate surface area is 175 Å². The fraction of sp³-hybridized carbons (Fsp3) is 0.524. The van der Waals surface area contributed by atoms with E-state index < -0.39 is 0 Å². The summed E-state index contributed by atoms with van der Waals surface area (Å²) < 4.78 is 3.55. The van der Waals surface area contributed by atoms with Crippen LogP contribution in [-0.2, 0) is 12.8 Å². The molecule has 0 saturated heterocycles. The van der Waals surface area contributed by atoms with Crippen molar-refractivity contribution in [2.45, 2.75) is 52.0 Å². The van der Waals surface area contributed by atoms with Gasteiger partial charge in [-0.05, 0) is 32.3 Å². The zero-order chi connectivity index (χ0) is 21.3. The molecule has 9 nitrogen and oxygen atoms in total. The van der Waals surface area contributed by atoms with Crippen LogP contribution in [-0.4, -0.2) is 42.6 Å². The Bertz CT molecular complexity index is 1090. The normalized spacial score (nSPS) is 18.3. The highest BCUT2D eigenvalue weighted by Gasteiger charge is 2.32. The molecule has 3 aromatic heterocycles. The molecule has 4 N–H and O–H groups in total. The van der Waals surface area contributed by atoms with Gasteiger partial charge in [0.2, 0.25) is 0 Å². The van der Waals surface area contributed by atoms with E-state index in [1.165, 1.54) is 0 Å². The summed E-state index contributed by atoms with van der Waals surface area (Å²) in [6.07, 6.45) is 6.66. The van der Waals surface area contributed by atoms with Gasteiger partial charge in [0.05, 0.1) is 24.0 Å². The number of aliphatic hydroxyl groups is 1. The Morgan fingerprint density at radius 1 is 1.33 bits per heavy atom. The van der Waals surface area contributed by atoms with Crippen LogP contribution in [0.2, 0.25) is 0 Å². The number of hydrogen-bond donors (Lipinski definition) is 3. The number of fused-ring (bicyclic) bond motifs is 1. The molecular formula is C21H28N8O. The van der Waals surface area contributed by atoms with Crippen molar-refractivity contribution in [2.24, 2.45) is 5.92 Å². The average molecular weight is 409 g/mol. The average Bonchev–Trinajstić information content (AvgIpc) is 3.27. The third-order valence-corrected chi connectivity index (χ3v) is 5.97. The van der Waals surface area contributed by atoms with Crippen LogP contribution in [0.5, 0.6) is 0 Å². The van der Waals surface area contributed by atoms with E-state index in [-0.39, 0.29) is 6.61 Å². The summed E-state index contributed by atoms with van der Waals surface area (Å²) in [6, 6.07) is 2.31. The van der Waals surface area contributed by atoms with E-state index >= 15 is 0 Å². The number of nitrogens with two attached hydrogens (primary N) is 1. The monoisotopic (exact) mass is 408 g/mol. The molecule has 2 atom stereocenters. The highest BCUT2D eigenvalue weighted by Crippen LogP contribution is 2.37. The van der Waals surface area contributed by atoms with Crippen molar-refractivity contribution < 1.29 is 5.11 Å². The fourth-order valence-corrected chi connectivity index (χ4v) is 4.10. The maximum atomic E-state index is 9.40. The first kappa shape index (κ1) is 20.2. The summed E-state index contributed by atoms with van der Waals surface area (Å²) in [5.74, 6) is 1.12. The molecule has 2 unspecified atom stereocenters. The third-order valence-electron chi connectivity index (χ3n) is 5.97. The fourth-order valence-electron chi connectivity index (χ4n) is 4.10. The molecule has 158 valence electrons. The molecule has 1 fully saturated rings. The predicted molar refractivity (Wildman–Crippen MR) is 116 cm³/mol. The Balaban J connectivity index is 1.50. The summed E-state index contributed by atoms with van der Waals surface area (Å²) >= 11 is 0. The molecule has 30 heavy (non-hydrogen) atoms. The largest absolute Gasteiger partial charge is 0.396 e. The smallest absolute Gasteiger partial charge is 0.268 e. The second-order valence-electron chi connectivity index (χ2n) is 7.91. The van der Waals surface area contributed by atoms with E-state index in [9.17, 15) is 5.11 Å². The lowest BCUT2D eigenvalue weighted by Crippen LogP contribution is -2.31.